The van der Waals surface area contributed by atoms with Crippen molar-refractivity contribution in [1.29, 1.82) is 0 Å². The van der Waals surface area contributed by atoms with E-state index in [2.05, 4.69) is 10.2 Å². The zero-order valence-corrected chi connectivity index (χ0v) is 16.6. The minimum atomic E-state index is -0.151. The average molecular weight is 400 g/mol. The van der Waals surface area contributed by atoms with E-state index < -0.39 is 0 Å². The van der Waals surface area contributed by atoms with Crippen LogP contribution in [-0.4, -0.2) is 67.0 Å². The number of rotatable bonds is 5. The minimum absolute atomic E-state index is 0.0176. The fraction of sp³-hybridized carbons (Fsp3) is 0.429. The van der Waals surface area contributed by atoms with Gasteiger partial charge in [-0.1, -0.05) is 12.1 Å². The third-order valence-electron chi connectivity index (χ3n) is 5.26. The molecule has 6 nitrogen and oxygen atoms in total. The number of anilines is 1. The van der Waals surface area contributed by atoms with Gasteiger partial charge in [-0.05, 0) is 42.5 Å². The molecule has 2 aromatic rings. The van der Waals surface area contributed by atoms with Gasteiger partial charge in [0.1, 0.15) is 0 Å². The number of carbonyl (C=O) groups excluding carboxylic acids is 2. The Labute approximate surface area is 169 Å². The molecular weight excluding hydrogens is 374 g/mol. The number of ether oxygens (including phenoxy) is 1. The fourth-order valence-corrected chi connectivity index (χ4v) is 4.34. The maximum atomic E-state index is 12.9. The zero-order valence-electron chi connectivity index (χ0n) is 15.8. The second kappa shape index (κ2) is 8.86. The summed E-state index contributed by atoms with van der Waals surface area (Å²) in [6.07, 6.45) is 2.65. The first-order valence-electron chi connectivity index (χ1n) is 9.77. The maximum absolute atomic E-state index is 12.9. The topological polar surface area (TPSA) is 61.9 Å². The van der Waals surface area contributed by atoms with Gasteiger partial charge in [-0.3, -0.25) is 14.5 Å². The highest BCUT2D eigenvalue weighted by Gasteiger charge is 2.25. The van der Waals surface area contributed by atoms with Crippen molar-refractivity contribution in [2.45, 2.75) is 18.9 Å². The Balaban J connectivity index is 1.33. The Kier molecular flexibility index (Phi) is 6.04. The summed E-state index contributed by atoms with van der Waals surface area (Å²) < 4.78 is 5.71. The monoisotopic (exact) mass is 399 g/mol. The number of piperazine rings is 1. The first kappa shape index (κ1) is 19.1. The highest BCUT2D eigenvalue weighted by Crippen LogP contribution is 2.18. The van der Waals surface area contributed by atoms with Gasteiger partial charge in [0.2, 0.25) is 0 Å². The Bertz CT molecular complexity index is 810. The van der Waals surface area contributed by atoms with E-state index in [9.17, 15) is 9.59 Å². The predicted molar refractivity (Wildman–Crippen MR) is 110 cm³/mol. The molecule has 2 fully saturated rings. The van der Waals surface area contributed by atoms with Crippen LogP contribution in [0.4, 0.5) is 5.69 Å². The molecule has 148 valence electrons. The Hall–Kier alpha value is -2.22. The van der Waals surface area contributed by atoms with Crippen molar-refractivity contribution in [3.63, 3.8) is 0 Å². The summed E-state index contributed by atoms with van der Waals surface area (Å²) in [6, 6.07) is 10.8. The summed E-state index contributed by atoms with van der Waals surface area (Å²) in [5, 5.41) is 4.74. The molecule has 2 saturated heterocycles. The maximum Gasteiger partial charge on any atom is 0.265 e. The van der Waals surface area contributed by atoms with E-state index in [0.717, 1.165) is 52.2 Å². The van der Waals surface area contributed by atoms with Crippen LogP contribution < -0.4 is 5.32 Å². The third kappa shape index (κ3) is 4.60. The molecule has 2 aliphatic heterocycles. The van der Waals surface area contributed by atoms with Crippen molar-refractivity contribution in [1.82, 2.24) is 9.80 Å². The summed E-state index contributed by atoms with van der Waals surface area (Å²) >= 11 is 1.39. The van der Waals surface area contributed by atoms with Crippen molar-refractivity contribution in [2.75, 3.05) is 44.6 Å². The van der Waals surface area contributed by atoms with Crippen molar-refractivity contribution in [3.8, 4) is 0 Å². The van der Waals surface area contributed by atoms with Crippen molar-refractivity contribution < 1.29 is 14.3 Å². The lowest BCUT2D eigenvalue weighted by Gasteiger charge is -2.35. The normalized spacial score (nSPS) is 20.3. The van der Waals surface area contributed by atoms with E-state index in [1.165, 1.54) is 11.3 Å². The summed E-state index contributed by atoms with van der Waals surface area (Å²) in [5.41, 5.74) is 1.25. The van der Waals surface area contributed by atoms with Gasteiger partial charge in [-0.15, -0.1) is 11.3 Å². The third-order valence-corrected chi connectivity index (χ3v) is 6.13. The van der Waals surface area contributed by atoms with Gasteiger partial charge in [0, 0.05) is 50.6 Å². The van der Waals surface area contributed by atoms with Gasteiger partial charge in [0.15, 0.2) is 0 Å². The molecule has 1 aromatic carbocycles. The highest BCUT2D eigenvalue weighted by molar-refractivity contribution is 7.12. The van der Waals surface area contributed by atoms with Crippen LogP contribution >= 0.6 is 11.3 Å². The number of thiophene rings is 1. The van der Waals surface area contributed by atoms with E-state index >= 15 is 0 Å². The summed E-state index contributed by atoms with van der Waals surface area (Å²) in [5.74, 6) is -0.133. The van der Waals surface area contributed by atoms with Gasteiger partial charge < -0.3 is 15.0 Å². The molecule has 0 saturated carbocycles. The van der Waals surface area contributed by atoms with E-state index in [-0.39, 0.29) is 11.8 Å². The molecule has 0 radical (unpaired) electrons. The molecule has 0 unspecified atom stereocenters. The smallest absolute Gasteiger partial charge is 0.265 e. The Morgan fingerprint density at radius 1 is 1.14 bits per heavy atom. The second-order valence-electron chi connectivity index (χ2n) is 7.24. The van der Waals surface area contributed by atoms with Gasteiger partial charge in [0.25, 0.3) is 11.8 Å². The van der Waals surface area contributed by atoms with Crippen LogP contribution in [0, 0.1) is 0 Å². The lowest BCUT2D eigenvalue weighted by molar-refractivity contribution is 0.0432. The van der Waals surface area contributed by atoms with Crippen molar-refractivity contribution in [2.24, 2.45) is 0 Å². The van der Waals surface area contributed by atoms with Crippen LogP contribution in [0.15, 0.2) is 41.8 Å². The van der Waals surface area contributed by atoms with Crippen molar-refractivity contribution >= 4 is 28.8 Å². The van der Waals surface area contributed by atoms with Crippen molar-refractivity contribution in [3.05, 3.63) is 52.2 Å². The fourth-order valence-electron chi connectivity index (χ4n) is 3.72. The second-order valence-corrected chi connectivity index (χ2v) is 8.19. The first-order chi connectivity index (χ1) is 13.7. The molecule has 0 bridgehead atoms. The lowest BCUT2D eigenvalue weighted by Crippen LogP contribution is -2.50. The van der Waals surface area contributed by atoms with Gasteiger partial charge in [-0.25, -0.2) is 0 Å². The van der Waals surface area contributed by atoms with Crippen LogP contribution in [0.3, 0.4) is 0 Å². The number of amides is 2. The highest BCUT2D eigenvalue weighted by atomic mass is 32.1. The largest absolute Gasteiger partial charge is 0.377 e. The number of hydrogen-bond acceptors (Lipinski definition) is 5. The number of carbonyl (C=O) groups is 2. The minimum Gasteiger partial charge on any atom is -0.377 e. The van der Waals surface area contributed by atoms with Gasteiger partial charge in [0.05, 0.1) is 11.0 Å². The van der Waals surface area contributed by atoms with Crippen LogP contribution in [0.5, 0.6) is 0 Å². The molecule has 1 N–H and O–H groups in total. The Morgan fingerprint density at radius 2 is 2.00 bits per heavy atom. The SMILES string of the molecule is O=C(Nc1cccc(C(=O)N2CCN(C[C@@H]3CCCO3)CC2)c1)c1cccs1. The molecule has 4 rings (SSSR count). The average Bonchev–Trinajstić information content (AvgIpc) is 3.42. The summed E-state index contributed by atoms with van der Waals surface area (Å²) in [7, 11) is 0. The van der Waals surface area contributed by atoms with Gasteiger partial charge in [-0.2, -0.15) is 0 Å². The number of nitrogens with one attached hydrogen (secondary N) is 1. The number of benzene rings is 1. The van der Waals surface area contributed by atoms with Crippen LogP contribution in [0.2, 0.25) is 0 Å². The van der Waals surface area contributed by atoms with Gasteiger partial charge >= 0.3 is 0 Å². The molecule has 7 heteroatoms. The number of nitrogens with zero attached hydrogens (tertiary/aromatic N) is 2. The van der Waals surface area contributed by atoms with Crippen LogP contribution in [0.1, 0.15) is 32.9 Å². The van der Waals surface area contributed by atoms with Crippen LogP contribution in [-0.2, 0) is 4.74 Å². The zero-order chi connectivity index (χ0) is 19.3. The van der Waals surface area contributed by atoms with E-state index in [1.54, 1.807) is 12.1 Å². The molecular formula is C21H25N3O3S. The molecule has 3 heterocycles. The standard InChI is InChI=1S/C21H25N3O3S/c25-20(19-7-3-13-28-19)22-17-5-1-4-16(14-17)21(26)24-10-8-23(9-11-24)15-18-6-2-12-27-18/h1,3-5,7,13-14,18H,2,6,8-12,15H2,(H,22,25)/t18-/m0/s1. The molecule has 1 aromatic heterocycles. The predicted octanol–water partition coefficient (Wildman–Crippen LogP) is 2.94. The quantitative estimate of drug-likeness (QED) is 0.840. The Morgan fingerprint density at radius 3 is 2.71 bits per heavy atom. The van der Waals surface area contributed by atoms with E-state index in [4.69, 9.17) is 4.74 Å². The molecule has 2 aliphatic rings. The van der Waals surface area contributed by atoms with E-state index in [0.29, 0.717) is 22.2 Å². The first-order valence-corrected chi connectivity index (χ1v) is 10.7. The molecule has 2 amide bonds. The lowest BCUT2D eigenvalue weighted by atomic mass is 10.1. The summed E-state index contributed by atoms with van der Waals surface area (Å²) in [6.45, 7) is 5.03. The van der Waals surface area contributed by atoms with Crippen LogP contribution in [0.25, 0.3) is 0 Å². The summed E-state index contributed by atoms with van der Waals surface area (Å²) in [4.78, 5) is 30.0. The number of hydrogen-bond donors (Lipinski definition) is 1. The molecule has 0 aliphatic carbocycles. The molecule has 1 atom stereocenters. The molecule has 28 heavy (non-hydrogen) atoms. The van der Waals surface area contributed by atoms with E-state index in [1.807, 2.05) is 34.5 Å². The molecule has 0 spiro atoms.